The van der Waals surface area contributed by atoms with Gasteiger partial charge in [0.05, 0.1) is 11.5 Å². The molecule has 0 radical (unpaired) electrons. The first-order valence-electron chi connectivity index (χ1n) is 6.46. The van der Waals surface area contributed by atoms with Crippen LogP contribution in [0.25, 0.3) is 0 Å². The number of hydrogen-bond donors (Lipinski definition) is 1. The van der Waals surface area contributed by atoms with Gasteiger partial charge in [-0.1, -0.05) is 18.1 Å². The van der Waals surface area contributed by atoms with E-state index in [0.29, 0.717) is 17.8 Å². The van der Waals surface area contributed by atoms with Gasteiger partial charge in [0.15, 0.2) is 18.2 Å². The molecule has 0 aliphatic heterocycles. The number of aliphatic hydroxyl groups is 1. The molecule has 21 heavy (non-hydrogen) atoms. The fourth-order valence-corrected chi connectivity index (χ4v) is 1.74. The fraction of sp³-hybridized carbons (Fsp3) is 0.385. The zero-order valence-electron chi connectivity index (χ0n) is 11.5. The molecule has 2 aromatic rings. The lowest BCUT2D eigenvalue weighted by molar-refractivity contribution is -0.386. The molecule has 2 rings (SSSR count). The first-order valence-corrected chi connectivity index (χ1v) is 6.46. The molecule has 0 spiro atoms. The van der Waals surface area contributed by atoms with Crippen LogP contribution in [-0.4, -0.2) is 20.2 Å². The molecule has 1 heterocycles. The molecule has 0 saturated heterocycles. The Kier molecular flexibility index (Phi) is 4.83. The molecule has 0 saturated carbocycles. The molecule has 8 heteroatoms. The van der Waals surface area contributed by atoms with E-state index < -0.39 is 4.92 Å². The van der Waals surface area contributed by atoms with Crippen molar-refractivity contribution in [2.24, 2.45) is 0 Å². The van der Waals surface area contributed by atoms with Crippen molar-refractivity contribution in [3.63, 3.8) is 0 Å². The molecular weight excluding hydrogens is 278 g/mol. The highest BCUT2D eigenvalue weighted by Crippen LogP contribution is 2.28. The number of rotatable bonds is 7. The molecule has 0 amide bonds. The van der Waals surface area contributed by atoms with E-state index in [1.807, 2.05) is 6.92 Å². The standard InChI is InChI=1S/C13H15N3O5/c1-2-3-12-14-13(21-15-12)8-20-11-5-4-9(7-17)6-10(11)16(18)19/h4-6,17H,2-3,7-8H2,1H3. The van der Waals surface area contributed by atoms with Crippen LogP contribution < -0.4 is 4.74 Å². The minimum atomic E-state index is -0.565. The van der Waals surface area contributed by atoms with Gasteiger partial charge in [0.25, 0.3) is 5.89 Å². The molecule has 0 aliphatic rings. The summed E-state index contributed by atoms with van der Waals surface area (Å²) in [5, 5.41) is 23.8. The molecule has 1 aromatic heterocycles. The Labute approximate surface area is 120 Å². The van der Waals surface area contributed by atoms with Gasteiger partial charge in [-0.15, -0.1) is 0 Å². The summed E-state index contributed by atoms with van der Waals surface area (Å²) < 4.78 is 10.3. The zero-order valence-corrected chi connectivity index (χ0v) is 11.5. The number of ether oxygens (including phenoxy) is 1. The van der Waals surface area contributed by atoms with Crippen LogP contribution in [0.2, 0.25) is 0 Å². The summed E-state index contributed by atoms with van der Waals surface area (Å²) in [6, 6.07) is 4.26. The van der Waals surface area contributed by atoms with E-state index in [-0.39, 0.29) is 30.5 Å². The van der Waals surface area contributed by atoms with Gasteiger partial charge < -0.3 is 14.4 Å². The van der Waals surface area contributed by atoms with Gasteiger partial charge in [-0.2, -0.15) is 4.98 Å². The maximum absolute atomic E-state index is 11.0. The van der Waals surface area contributed by atoms with E-state index >= 15 is 0 Å². The normalized spacial score (nSPS) is 10.6. The molecular formula is C13H15N3O5. The van der Waals surface area contributed by atoms with Crippen molar-refractivity contribution in [3.05, 3.63) is 45.6 Å². The van der Waals surface area contributed by atoms with Gasteiger partial charge >= 0.3 is 5.69 Å². The minimum Gasteiger partial charge on any atom is -0.477 e. The highest BCUT2D eigenvalue weighted by Gasteiger charge is 2.17. The smallest absolute Gasteiger partial charge is 0.311 e. The third-order valence-electron chi connectivity index (χ3n) is 2.74. The van der Waals surface area contributed by atoms with Gasteiger partial charge in [-0.05, 0) is 18.1 Å². The monoisotopic (exact) mass is 293 g/mol. The van der Waals surface area contributed by atoms with Crippen LogP contribution in [0.5, 0.6) is 5.75 Å². The van der Waals surface area contributed by atoms with Crippen LogP contribution in [0.4, 0.5) is 5.69 Å². The molecule has 0 atom stereocenters. The molecule has 0 bridgehead atoms. The largest absolute Gasteiger partial charge is 0.477 e. The second-order valence-corrected chi connectivity index (χ2v) is 4.36. The maximum Gasteiger partial charge on any atom is 0.311 e. The third-order valence-corrected chi connectivity index (χ3v) is 2.74. The van der Waals surface area contributed by atoms with Crippen LogP contribution in [0.1, 0.15) is 30.6 Å². The average Bonchev–Trinajstić information content (AvgIpc) is 2.93. The lowest BCUT2D eigenvalue weighted by atomic mass is 10.2. The van der Waals surface area contributed by atoms with Gasteiger partial charge in [0.1, 0.15) is 0 Å². The van der Waals surface area contributed by atoms with Crippen molar-refractivity contribution in [1.82, 2.24) is 10.1 Å². The Morgan fingerprint density at radius 1 is 1.48 bits per heavy atom. The van der Waals surface area contributed by atoms with Crippen molar-refractivity contribution in [2.45, 2.75) is 33.0 Å². The van der Waals surface area contributed by atoms with Crippen molar-refractivity contribution < 1.29 is 19.3 Å². The van der Waals surface area contributed by atoms with Crippen molar-refractivity contribution in [1.29, 1.82) is 0 Å². The third kappa shape index (κ3) is 3.76. The number of hydrogen-bond acceptors (Lipinski definition) is 7. The molecule has 0 fully saturated rings. The van der Waals surface area contributed by atoms with Crippen LogP contribution in [0.3, 0.4) is 0 Å². The Morgan fingerprint density at radius 3 is 2.95 bits per heavy atom. The Bertz CT molecular complexity index is 626. The zero-order chi connectivity index (χ0) is 15.2. The van der Waals surface area contributed by atoms with Crippen LogP contribution in [0, 0.1) is 10.1 Å². The molecule has 1 aromatic carbocycles. The molecule has 0 unspecified atom stereocenters. The molecule has 1 N–H and O–H groups in total. The summed E-state index contributed by atoms with van der Waals surface area (Å²) >= 11 is 0. The van der Waals surface area contributed by atoms with E-state index in [2.05, 4.69) is 10.1 Å². The van der Waals surface area contributed by atoms with Gasteiger partial charge in [0.2, 0.25) is 0 Å². The number of aromatic nitrogens is 2. The van der Waals surface area contributed by atoms with E-state index in [1.165, 1.54) is 12.1 Å². The lowest BCUT2D eigenvalue weighted by Crippen LogP contribution is -2.00. The van der Waals surface area contributed by atoms with E-state index in [1.54, 1.807) is 6.07 Å². The second kappa shape index (κ2) is 6.80. The summed E-state index contributed by atoms with van der Waals surface area (Å²) in [5.41, 5.74) is 0.229. The van der Waals surface area contributed by atoms with E-state index in [0.717, 1.165) is 6.42 Å². The average molecular weight is 293 g/mol. The highest BCUT2D eigenvalue weighted by atomic mass is 16.6. The lowest BCUT2D eigenvalue weighted by Gasteiger charge is -2.05. The summed E-state index contributed by atoms with van der Waals surface area (Å²) in [6.45, 7) is 1.68. The molecule has 112 valence electrons. The number of nitro benzene ring substituents is 1. The summed E-state index contributed by atoms with van der Waals surface area (Å²) in [6.07, 6.45) is 1.60. The van der Waals surface area contributed by atoms with Crippen molar-refractivity contribution in [3.8, 4) is 5.75 Å². The van der Waals surface area contributed by atoms with E-state index in [4.69, 9.17) is 14.4 Å². The number of aliphatic hydroxyl groups excluding tert-OH is 1. The topological polar surface area (TPSA) is 112 Å². The highest BCUT2D eigenvalue weighted by molar-refractivity contribution is 5.48. The Balaban J connectivity index is 2.09. The predicted octanol–water partition coefficient (Wildman–Crippen LogP) is 2.00. The SMILES string of the molecule is CCCc1noc(COc2ccc(CO)cc2[N+](=O)[O-])n1. The number of nitrogens with zero attached hydrogens (tertiary/aromatic N) is 3. The predicted molar refractivity (Wildman–Crippen MR) is 71.6 cm³/mol. The van der Waals surface area contributed by atoms with Crippen molar-refractivity contribution in [2.75, 3.05) is 0 Å². The minimum absolute atomic E-state index is 0.0456. The van der Waals surface area contributed by atoms with Gasteiger partial charge in [0, 0.05) is 12.5 Å². The van der Waals surface area contributed by atoms with Crippen molar-refractivity contribution >= 4 is 5.69 Å². The summed E-state index contributed by atoms with van der Waals surface area (Å²) in [4.78, 5) is 14.5. The Hall–Kier alpha value is -2.48. The number of benzene rings is 1. The Morgan fingerprint density at radius 2 is 2.29 bits per heavy atom. The number of aryl methyl sites for hydroxylation is 1. The fourth-order valence-electron chi connectivity index (χ4n) is 1.74. The molecule has 0 aliphatic carbocycles. The van der Waals surface area contributed by atoms with Gasteiger partial charge in [-0.3, -0.25) is 10.1 Å². The molecule has 8 nitrogen and oxygen atoms in total. The maximum atomic E-state index is 11.0. The first kappa shape index (κ1) is 14.9. The van der Waals surface area contributed by atoms with Crippen LogP contribution in [-0.2, 0) is 19.6 Å². The number of nitro groups is 1. The second-order valence-electron chi connectivity index (χ2n) is 4.36. The van der Waals surface area contributed by atoms with Crippen LogP contribution >= 0.6 is 0 Å². The quantitative estimate of drug-likeness (QED) is 0.613. The summed E-state index contributed by atoms with van der Waals surface area (Å²) in [7, 11) is 0. The van der Waals surface area contributed by atoms with Gasteiger partial charge in [-0.25, -0.2) is 0 Å². The van der Waals surface area contributed by atoms with Crippen LogP contribution in [0.15, 0.2) is 22.7 Å². The summed E-state index contributed by atoms with van der Waals surface area (Å²) in [5.74, 6) is 0.938. The first-order chi connectivity index (χ1) is 10.1. The van der Waals surface area contributed by atoms with E-state index in [9.17, 15) is 10.1 Å².